The second kappa shape index (κ2) is 11.2. The Morgan fingerprint density at radius 3 is 1.12 bits per heavy atom. The van der Waals surface area contributed by atoms with Crippen LogP contribution >= 0.6 is 0 Å². The third kappa shape index (κ3) is 5.51. The van der Waals surface area contributed by atoms with Gasteiger partial charge < -0.3 is 0 Å². The summed E-state index contributed by atoms with van der Waals surface area (Å²) in [6.45, 7) is 0. The van der Waals surface area contributed by atoms with E-state index in [4.69, 9.17) is 14.5 Å². The van der Waals surface area contributed by atoms with Gasteiger partial charge in [-0.05, 0) is 52.6 Å². The Bertz CT molecular complexity index is 1370. The molecule has 7 heteroatoms. The normalized spacial score (nSPS) is 20.2. The molecule has 3 aliphatic carbocycles. The monoisotopic (exact) mass is 533 g/mol. The minimum atomic E-state index is -0.708. The number of nitrogens with zero attached hydrogens (tertiary/aromatic N) is 1. The van der Waals surface area contributed by atoms with Gasteiger partial charge in [0.25, 0.3) is 0 Å². The van der Waals surface area contributed by atoms with Crippen LogP contribution in [0.1, 0.15) is 33.4 Å². The first-order chi connectivity index (χ1) is 19.5. The van der Waals surface area contributed by atoms with E-state index in [0.717, 1.165) is 33.4 Å². The molecule has 0 heterocycles. The fourth-order valence-corrected chi connectivity index (χ4v) is 5.19. The molecule has 0 amide bonds. The van der Waals surface area contributed by atoms with Crippen LogP contribution in [-0.4, -0.2) is 23.3 Å². The highest BCUT2D eigenvalue weighted by molar-refractivity contribution is 5.81. The average Bonchev–Trinajstić information content (AvgIpc) is 3.00. The van der Waals surface area contributed by atoms with E-state index < -0.39 is 35.7 Å². The molecule has 0 fully saturated rings. The topological polar surface area (TPSA) is 82.1 Å². The summed E-state index contributed by atoms with van der Waals surface area (Å²) < 4.78 is 0. The minimum absolute atomic E-state index is 0.282. The SMILES string of the molecule is O=C(ON(OC(=O)C1C=Cc2ccccc2C1)OC(=O)C1C=Cc2ccccc2C1)C1C=Cc2ccccc2C1. The molecule has 0 saturated carbocycles. The van der Waals surface area contributed by atoms with Crippen molar-refractivity contribution in [3.8, 4) is 0 Å². The molecule has 3 aromatic carbocycles. The van der Waals surface area contributed by atoms with E-state index in [-0.39, 0.29) is 5.39 Å². The zero-order valence-electron chi connectivity index (χ0n) is 21.6. The van der Waals surface area contributed by atoms with Gasteiger partial charge in [-0.1, -0.05) is 109 Å². The van der Waals surface area contributed by atoms with Gasteiger partial charge in [0, 0.05) is 0 Å². The van der Waals surface area contributed by atoms with Crippen molar-refractivity contribution in [2.24, 2.45) is 17.8 Å². The molecule has 0 aromatic heterocycles. The van der Waals surface area contributed by atoms with Crippen LogP contribution in [0.25, 0.3) is 18.2 Å². The summed E-state index contributed by atoms with van der Waals surface area (Å²) in [4.78, 5) is 55.5. The maximum absolute atomic E-state index is 13.1. The van der Waals surface area contributed by atoms with E-state index in [1.807, 2.05) is 91.0 Å². The molecule has 0 bridgehead atoms. The Labute approximate surface area is 231 Å². The molecule has 0 saturated heterocycles. The molecule has 3 aliphatic rings. The van der Waals surface area contributed by atoms with E-state index in [9.17, 15) is 14.4 Å². The number of rotatable bonds is 6. The van der Waals surface area contributed by atoms with Gasteiger partial charge in [0.15, 0.2) is 0 Å². The number of fused-ring (bicyclic) bond motifs is 3. The number of hydrogen-bond acceptors (Lipinski definition) is 7. The molecule has 3 unspecified atom stereocenters. The highest BCUT2D eigenvalue weighted by Gasteiger charge is 2.33. The smallest absolute Gasteiger partial charge is 0.300 e. The van der Waals surface area contributed by atoms with Gasteiger partial charge in [-0.25, -0.2) is 14.4 Å². The predicted octanol–water partition coefficient (Wildman–Crippen LogP) is 5.32. The van der Waals surface area contributed by atoms with Crippen LogP contribution in [0.5, 0.6) is 0 Å². The van der Waals surface area contributed by atoms with Gasteiger partial charge in [0.2, 0.25) is 5.39 Å². The molecule has 0 spiro atoms. The first-order valence-electron chi connectivity index (χ1n) is 13.3. The Kier molecular flexibility index (Phi) is 7.12. The van der Waals surface area contributed by atoms with Gasteiger partial charge in [0.05, 0.1) is 17.8 Å². The minimum Gasteiger partial charge on any atom is -0.300 e. The van der Waals surface area contributed by atoms with Crippen LogP contribution in [0.4, 0.5) is 0 Å². The molecule has 3 atom stereocenters. The second-order valence-electron chi connectivity index (χ2n) is 10.1. The first kappa shape index (κ1) is 25.5. The molecule has 40 heavy (non-hydrogen) atoms. The summed E-state index contributed by atoms with van der Waals surface area (Å²) in [7, 11) is 0. The van der Waals surface area contributed by atoms with Crippen molar-refractivity contribution >= 4 is 36.1 Å². The van der Waals surface area contributed by atoms with Crippen LogP contribution in [0.15, 0.2) is 91.0 Å². The summed E-state index contributed by atoms with van der Waals surface area (Å²) in [5.74, 6) is -4.05. The van der Waals surface area contributed by atoms with Gasteiger partial charge in [-0.2, -0.15) is 0 Å². The lowest BCUT2D eigenvalue weighted by molar-refractivity contribution is -0.466. The number of carbonyl (C=O) groups excluding carboxylic acids is 3. The Morgan fingerprint density at radius 1 is 0.500 bits per heavy atom. The van der Waals surface area contributed by atoms with E-state index in [2.05, 4.69) is 0 Å². The fraction of sp³-hybridized carbons (Fsp3) is 0.182. The van der Waals surface area contributed by atoms with E-state index in [0.29, 0.717) is 19.3 Å². The molecular formula is C33H27NO6. The maximum Gasteiger partial charge on any atom is 0.339 e. The van der Waals surface area contributed by atoms with Crippen LogP contribution in [0.2, 0.25) is 0 Å². The van der Waals surface area contributed by atoms with Crippen LogP contribution in [0.3, 0.4) is 0 Å². The van der Waals surface area contributed by atoms with Gasteiger partial charge in [-0.3, -0.25) is 14.5 Å². The van der Waals surface area contributed by atoms with Crippen LogP contribution in [-0.2, 0) is 48.2 Å². The number of benzene rings is 3. The third-order valence-electron chi connectivity index (χ3n) is 7.41. The van der Waals surface area contributed by atoms with Gasteiger partial charge >= 0.3 is 17.9 Å². The zero-order chi connectivity index (χ0) is 27.5. The first-order valence-corrected chi connectivity index (χ1v) is 13.3. The van der Waals surface area contributed by atoms with Crippen molar-refractivity contribution in [2.75, 3.05) is 0 Å². The van der Waals surface area contributed by atoms with Crippen LogP contribution < -0.4 is 0 Å². The maximum atomic E-state index is 13.1. The second-order valence-corrected chi connectivity index (χ2v) is 10.1. The Hall–Kier alpha value is -4.75. The molecule has 6 rings (SSSR count). The fourth-order valence-electron chi connectivity index (χ4n) is 5.19. The van der Waals surface area contributed by atoms with E-state index in [1.165, 1.54) is 0 Å². The zero-order valence-corrected chi connectivity index (χ0v) is 21.6. The molecule has 200 valence electrons. The predicted molar refractivity (Wildman–Crippen MR) is 148 cm³/mol. The molecule has 3 aromatic rings. The van der Waals surface area contributed by atoms with Crippen molar-refractivity contribution in [3.63, 3.8) is 0 Å². The Balaban J connectivity index is 1.17. The third-order valence-corrected chi connectivity index (χ3v) is 7.41. The lowest BCUT2D eigenvalue weighted by Gasteiger charge is -2.25. The number of carbonyl (C=O) groups is 3. The van der Waals surface area contributed by atoms with Crippen molar-refractivity contribution in [1.82, 2.24) is 5.39 Å². The van der Waals surface area contributed by atoms with Gasteiger partial charge in [-0.15, -0.1) is 0 Å². The molecule has 0 radical (unpaired) electrons. The van der Waals surface area contributed by atoms with Crippen molar-refractivity contribution in [3.05, 3.63) is 124 Å². The standard InChI is InChI=1S/C33H27NO6/c35-31(28-16-13-22-7-1-4-10-25(22)19-28)38-34(39-32(36)29-17-14-23-8-2-5-11-26(23)20-29)40-33(37)30-18-15-24-9-3-6-12-27(24)21-30/h1-18,28-30H,19-21H2. The summed E-state index contributed by atoms with van der Waals surface area (Å²) in [5.41, 5.74) is 6.04. The molecule has 0 aliphatic heterocycles. The Morgan fingerprint density at radius 2 is 0.800 bits per heavy atom. The summed E-state index contributed by atoms with van der Waals surface area (Å²) in [6, 6.07) is 23.2. The lowest BCUT2D eigenvalue weighted by atomic mass is 9.90. The van der Waals surface area contributed by atoms with E-state index >= 15 is 0 Å². The largest absolute Gasteiger partial charge is 0.339 e. The van der Waals surface area contributed by atoms with Crippen molar-refractivity contribution < 1.29 is 28.9 Å². The highest BCUT2D eigenvalue weighted by Crippen LogP contribution is 2.27. The average molecular weight is 534 g/mol. The summed E-state index contributed by atoms with van der Waals surface area (Å²) >= 11 is 0. The molecule has 7 nitrogen and oxygen atoms in total. The quantitative estimate of drug-likeness (QED) is 0.397. The van der Waals surface area contributed by atoms with Crippen molar-refractivity contribution in [2.45, 2.75) is 19.3 Å². The van der Waals surface area contributed by atoms with Crippen molar-refractivity contribution in [1.29, 1.82) is 0 Å². The van der Waals surface area contributed by atoms with Crippen LogP contribution in [0, 0.1) is 17.8 Å². The van der Waals surface area contributed by atoms with E-state index in [1.54, 1.807) is 18.2 Å². The summed E-state index contributed by atoms with van der Waals surface area (Å²) in [6.07, 6.45) is 12.0. The summed E-state index contributed by atoms with van der Waals surface area (Å²) in [5, 5.41) is 0.282. The number of hydrogen-bond donors (Lipinski definition) is 0. The molecule has 0 N–H and O–H groups in total. The molecular weight excluding hydrogens is 506 g/mol. The van der Waals surface area contributed by atoms with Gasteiger partial charge in [0.1, 0.15) is 0 Å². The lowest BCUT2D eigenvalue weighted by Crippen LogP contribution is -2.39. The highest BCUT2D eigenvalue weighted by atomic mass is 17.2.